The third-order valence-electron chi connectivity index (χ3n) is 3.78. The fourth-order valence-electron chi connectivity index (χ4n) is 2.69. The van der Waals surface area contributed by atoms with E-state index < -0.39 is 0 Å². The van der Waals surface area contributed by atoms with Crippen LogP contribution >= 0.6 is 35.4 Å². The minimum Gasteiger partial charge on any atom is -0.339 e. The van der Waals surface area contributed by atoms with Crippen molar-refractivity contribution < 1.29 is 0 Å². The van der Waals surface area contributed by atoms with Crippen LogP contribution in [-0.2, 0) is 0 Å². The lowest BCUT2D eigenvalue weighted by atomic mass is 10.1. The molecular formula is C18H11Cl2N3S. The van der Waals surface area contributed by atoms with E-state index in [-0.39, 0.29) is 0 Å². The average Bonchev–Trinajstić information content (AvgIpc) is 3.01. The van der Waals surface area contributed by atoms with Crippen molar-refractivity contribution in [1.29, 1.82) is 0 Å². The van der Waals surface area contributed by atoms with Crippen LogP contribution in [0.25, 0.3) is 28.0 Å². The molecule has 118 valence electrons. The molecule has 0 atom stereocenters. The normalized spacial score (nSPS) is 11.1. The van der Waals surface area contributed by atoms with Crippen molar-refractivity contribution in [2.75, 3.05) is 0 Å². The number of fused-ring (bicyclic) bond motifs is 1. The highest BCUT2D eigenvalue weighted by atomic mass is 35.5. The Morgan fingerprint density at radius 3 is 2.38 bits per heavy atom. The van der Waals surface area contributed by atoms with Gasteiger partial charge in [0, 0.05) is 33.6 Å². The molecule has 4 aromatic rings. The maximum atomic E-state index is 6.12. The first-order valence-corrected chi connectivity index (χ1v) is 8.40. The maximum absolute atomic E-state index is 6.12. The summed E-state index contributed by atoms with van der Waals surface area (Å²) in [6, 6.07) is 15.5. The second kappa shape index (κ2) is 6.06. The molecule has 0 radical (unpaired) electrons. The van der Waals surface area contributed by atoms with E-state index in [2.05, 4.69) is 9.97 Å². The molecule has 0 amide bonds. The van der Waals surface area contributed by atoms with Crippen LogP contribution in [0.3, 0.4) is 0 Å². The molecule has 0 aliphatic rings. The zero-order valence-electron chi connectivity index (χ0n) is 12.3. The van der Waals surface area contributed by atoms with Crippen LogP contribution in [0.5, 0.6) is 0 Å². The number of nitrogens with zero attached hydrogens (tertiary/aromatic N) is 2. The van der Waals surface area contributed by atoms with Gasteiger partial charge in [-0.05, 0) is 36.0 Å². The molecule has 0 unspecified atom stereocenters. The lowest BCUT2D eigenvalue weighted by Crippen LogP contribution is -1.92. The SMILES string of the molecule is S=c1ncc(-c2ccccc2)c2[nH]c(-c3cc(Cl)cc(Cl)c3)cn12. The van der Waals surface area contributed by atoms with Gasteiger partial charge in [0.25, 0.3) is 0 Å². The molecular weight excluding hydrogens is 361 g/mol. The first-order valence-electron chi connectivity index (χ1n) is 7.24. The monoisotopic (exact) mass is 371 g/mol. The number of rotatable bonds is 2. The summed E-state index contributed by atoms with van der Waals surface area (Å²) in [5, 5.41) is 1.17. The van der Waals surface area contributed by atoms with E-state index in [0.29, 0.717) is 14.8 Å². The lowest BCUT2D eigenvalue weighted by Gasteiger charge is -2.03. The van der Waals surface area contributed by atoms with E-state index in [9.17, 15) is 0 Å². The van der Waals surface area contributed by atoms with Gasteiger partial charge in [0.15, 0.2) is 0 Å². The number of nitrogens with one attached hydrogen (secondary N) is 1. The van der Waals surface area contributed by atoms with Crippen LogP contribution in [-0.4, -0.2) is 14.4 Å². The molecule has 0 fully saturated rings. The van der Waals surface area contributed by atoms with Crippen molar-refractivity contribution in [2.24, 2.45) is 0 Å². The smallest absolute Gasteiger partial charge is 0.205 e. The van der Waals surface area contributed by atoms with Crippen molar-refractivity contribution in [3.63, 3.8) is 0 Å². The zero-order valence-corrected chi connectivity index (χ0v) is 14.7. The summed E-state index contributed by atoms with van der Waals surface area (Å²) in [6.45, 7) is 0. The van der Waals surface area contributed by atoms with Crippen molar-refractivity contribution >= 4 is 41.1 Å². The molecule has 1 N–H and O–H groups in total. The van der Waals surface area contributed by atoms with Gasteiger partial charge in [-0.1, -0.05) is 53.5 Å². The maximum Gasteiger partial charge on any atom is 0.205 e. The highest BCUT2D eigenvalue weighted by molar-refractivity contribution is 7.71. The van der Waals surface area contributed by atoms with Crippen LogP contribution < -0.4 is 0 Å². The van der Waals surface area contributed by atoms with Gasteiger partial charge in [0.05, 0.1) is 5.69 Å². The Morgan fingerprint density at radius 1 is 0.958 bits per heavy atom. The van der Waals surface area contributed by atoms with Gasteiger partial charge in [-0.25, -0.2) is 4.98 Å². The Hall–Kier alpha value is -2.14. The molecule has 0 aliphatic heterocycles. The molecule has 2 aromatic heterocycles. The standard InChI is InChI=1S/C18H11Cl2N3S/c19-13-6-12(7-14(20)8-13)16-10-23-17(22-16)15(9-21-18(23)24)11-4-2-1-3-5-11/h1-10,22H. The van der Waals surface area contributed by atoms with Crippen LogP contribution in [0, 0.1) is 4.77 Å². The summed E-state index contributed by atoms with van der Waals surface area (Å²) in [6.07, 6.45) is 3.71. The number of hydrogen-bond acceptors (Lipinski definition) is 2. The number of aromatic amines is 1. The number of H-pyrrole nitrogens is 1. The summed E-state index contributed by atoms with van der Waals surface area (Å²) < 4.78 is 2.35. The Morgan fingerprint density at radius 2 is 1.67 bits per heavy atom. The van der Waals surface area contributed by atoms with Gasteiger partial charge >= 0.3 is 0 Å². The van der Waals surface area contributed by atoms with Gasteiger partial charge in [-0.15, -0.1) is 0 Å². The minimum atomic E-state index is 0.486. The molecule has 24 heavy (non-hydrogen) atoms. The Bertz CT molecular complexity index is 1080. The highest BCUT2D eigenvalue weighted by Crippen LogP contribution is 2.29. The first kappa shape index (κ1) is 15.4. The lowest BCUT2D eigenvalue weighted by molar-refractivity contribution is 1.06. The Labute approximate surface area is 153 Å². The van der Waals surface area contributed by atoms with Crippen LogP contribution in [0.15, 0.2) is 60.9 Å². The van der Waals surface area contributed by atoms with E-state index in [0.717, 1.165) is 28.0 Å². The van der Waals surface area contributed by atoms with Crippen molar-refractivity contribution in [3.8, 4) is 22.4 Å². The summed E-state index contributed by atoms with van der Waals surface area (Å²) in [7, 11) is 0. The number of halogens is 2. The third kappa shape index (κ3) is 2.73. The van der Waals surface area contributed by atoms with Crippen molar-refractivity contribution in [1.82, 2.24) is 14.4 Å². The summed E-state index contributed by atoms with van der Waals surface area (Å²) in [4.78, 5) is 7.74. The largest absolute Gasteiger partial charge is 0.339 e. The molecule has 4 rings (SSSR count). The van der Waals surface area contributed by atoms with Crippen molar-refractivity contribution in [3.05, 3.63) is 75.7 Å². The van der Waals surface area contributed by atoms with Gasteiger partial charge in [-0.2, -0.15) is 0 Å². The average molecular weight is 372 g/mol. The second-order valence-corrected chi connectivity index (χ2v) is 6.60. The fourth-order valence-corrected chi connectivity index (χ4v) is 3.41. The quantitative estimate of drug-likeness (QED) is 0.436. The van der Waals surface area contributed by atoms with E-state index in [1.165, 1.54) is 0 Å². The van der Waals surface area contributed by atoms with Gasteiger partial charge in [-0.3, -0.25) is 4.40 Å². The zero-order chi connectivity index (χ0) is 16.7. The summed E-state index contributed by atoms with van der Waals surface area (Å²) in [5.41, 5.74) is 4.69. The Balaban J connectivity index is 1.98. The van der Waals surface area contributed by atoms with Gasteiger partial charge in [0.2, 0.25) is 4.77 Å². The van der Waals surface area contributed by atoms with Gasteiger partial charge in [0.1, 0.15) is 5.65 Å². The van der Waals surface area contributed by atoms with E-state index in [1.54, 1.807) is 12.3 Å². The van der Waals surface area contributed by atoms with Crippen molar-refractivity contribution in [2.45, 2.75) is 0 Å². The van der Waals surface area contributed by atoms with Gasteiger partial charge < -0.3 is 4.98 Å². The molecule has 2 aromatic carbocycles. The second-order valence-electron chi connectivity index (χ2n) is 5.36. The Kier molecular flexibility index (Phi) is 3.88. The molecule has 2 heterocycles. The molecule has 0 saturated heterocycles. The molecule has 0 aliphatic carbocycles. The highest BCUT2D eigenvalue weighted by Gasteiger charge is 2.11. The van der Waals surface area contributed by atoms with Crippen LogP contribution in [0.1, 0.15) is 0 Å². The molecule has 0 spiro atoms. The minimum absolute atomic E-state index is 0.486. The number of hydrogen-bond donors (Lipinski definition) is 1. The number of aromatic nitrogens is 3. The third-order valence-corrected chi connectivity index (χ3v) is 4.51. The van der Waals surface area contributed by atoms with E-state index in [4.69, 9.17) is 35.4 Å². The first-order chi connectivity index (χ1) is 11.6. The molecule has 0 bridgehead atoms. The molecule has 3 nitrogen and oxygen atoms in total. The predicted octanol–water partition coefficient (Wildman–Crippen LogP) is 6.03. The van der Waals surface area contributed by atoms with Crippen LogP contribution in [0.4, 0.5) is 0 Å². The molecule has 0 saturated carbocycles. The number of benzene rings is 2. The van der Waals surface area contributed by atoms with E-state index in [1.807, 2.05) is 53.1 Å². The van der Waals surface area contributed by atoms with E-state index >= 15 is 0 Å². The fraction of sp³-hybridized carbons (Fsp3) is 0. The topological polar surface area (TPSA) is 33.1 Å². The summed E-state index contributed by atoms with van der Waals surface area (Å²) >= 11 is 17.6. The predicted molar refractivity (Wildman–Crippen MR) is 101 cm³/mol. The summed E-state index contributed by atoms with van der Waals surface area (Å²) in [5.74, 6) is 0. The van der Waals surface area contributed by atoms with Crippen LogP contribution in [0.2, 0.25) is 10.0 Å². The number of imidazole rings is 1. The molecule has 6 heteroatoms.